The standard InChI is InChI=1S/C11H16N4O3/c1-4-15(3)10(16)7(2)14-9-6-12-8(5-13-9)11(17)18/h5-7H,4H2,1-3H3,(H,13,14)(H,17,18). The van der Waals surface area contributed by atoms with E-state index in [2.05, 4.69) is 15.3 Å². The number of nitrogens with one attached hydrogen (secondary N) is 1. The maximum absolute atomic E-state index is 11.8. The van der Waals surface area contributed by atoms with E-state index in [0.29, 0.717) is 12.4 Å². The molecule has 1 amide bonds. The minimum absolute atomic E-state index is 0.0680. The zero-order valence-corrected chi connectivity index (χ0v) is 10.5. The van der Waals surface area contributed by atoms with Crippen molar-refractivity contribution < 1.29 is 14.7 Å². The van der Waals surface area contributed by atoms with Crippen LogP contribution in [0, 0.1) is 0 Å². The van der Waals surface area contributed by atoms with Crippen LogP contribution in [0.1, 0.15) is 24.3 Å². The number of aromatic nitrogens is 2. The third kappa shape index (κ3) is 3.41. The number of aromatic carboxylic acids is 1. The Morgan fingerprint density at radius 3 is 2.56 bits per heavy atom. The van der Waals surface area contributed by atoms with Gasteiger partial charge in [0.1, 0.15) is 11.9 Å². The number of carboxylic acids is 1. The fraction of sp³-hybridized carbons (Fsp3) is 0.455. The number of carbonyl (C=O) groups excluding carboxylic acids is 1. The predicted molar refractivity (Wildman–Crippen MR) is 65.4 cm³/mol. The van der Waals surface area contributed by atoms with E-state index in [1.807, 2.05) is 6.92 Å². The molecule has 0 saturated carbocycles. The molecule has 0 spiro atoms. The number of likely N-dealkylation sites (N-methyl/N-ethyl adjacent to an activating group) is 1. The van der Waals surface area contributed by atoms with Crippen molar-refractivity contribution in [3.63, 3.8) is 0 Å². The number of rotatable bonds is 5. The van der Waals surface area contributed by atoms with Gasteiger partial charge in [-0.05, 0) is 13.8 Å². The van der Waals surface area contributed by atoms with Crippen LogP contribution in [0.3, 0.4) is 0 Å². The second kappa shape index (κ2) is 5.95. The number of anilines is 1. The van der Waals surface area contributed by atoms with Crippen LogP contribution in [0.5, 0.6) is 0 Å². The number of hydrogen-bond acceptors (Lipinski definition) is 5. The molecule has 7 nitrogen and oxygen atoms in total. The lowest BCUT2D eigenvalue weighted by Crippen LogP contribution is -2.39. The van der Waals surface area contributed by atoms with E-state index >= 15 is 0 Å². The minimum Gasteiger partial charge on any atom is -0.476 e. The van der Waals surface area contributed by atoms with Crippen LogP contribution in [0.15, 0.2) is 12.4 Å². The molecule has 0 aliphatic carbocycles. The molecule has 18 heavy (non-hydrogen) atoms. The van der Waals surface area contributed by atoms with Crippen molar-refractivity contribution in [2.45, 2.75) is 19.9 Å². The second-order valence-electron chi connectivity index (χ2n) is 3.81. The molecule has 1 rings (SSSR count). The normalized spacial score (nSPS) is 11.7. The average molecular weight is 252 g/mol. The number of nitrogens with zero attached hydrogens (tertiary/aromatic N) is 3. The van der Waals surface area contributed by atoms with Gasteiger partial charge in [0.05, 0.1) is 12.4 Å². The summed E-state index contributed by atoms with van der Waals surface area (Å²) in [6, 6.07) is -0.445. The largest absolute Gasteiger partial charge is 0.476 e. The van der Waals surface area contributed by atoms with Crippen molar-refractivity contribution in [2.75, 3.05) is 18.9 Å². The summed E-state index contributed by atoms with van der Waals surface area (Å²) in [6.45, 7) is 4.21. The molecule has 1 aromatic rings. The van der Waals surface area contributed by atoms with Crippen LogP contribution in [-0.4, -0.2) is 51.5 Å². The highest BCUT2D eigenvalue weighted by Gasteiger charge is 2.16. The van der Waals surface area contributed by atoms with Crippen molar-refractivity contribution in [1.29, 1.82) is 0 Å². The Balaban J connectivity index is 2.67. The van der Waals surface area contributed by atoms with Gasteiger partial charge in [-0.2, -0.15) is 0 Å². The summed E-state index contributed by atoms with van der Waals surface area (Å²) < 4.78 is 0. The Bertz CT molecular complexity index is 432. The van der Waals surface area contributed by atoms with Crippen LogP contribution < -0.4 is 5.32 Å². The van der Waals surface area contributed by atoms with E-state index in [9.17, 15) is 9.59 Å². The fourth-order valence-electron chi connectivity index (χ4n) is 1.28. The van der Waals surface area contributed by atoms with Crippen molar-refractivity contribution in [3.8, 4) is 0 Å². The SMILES string of the molecule is CCN(C)C(=O)C(C)Nc1cnc(C(=O)O)cn1. The van der Waals surface area contributed by atoms with Gasteiger partial charge in [-0.15, -0.1) is 0 Å². The maximum Gasteiger partial charge on any atom is 0.356 e. The molecule has 1 heterocycles. The lowest BCUT2D eigenvalue weighted by atomic mass is 10.3. The lowest BCUT2D eigenvalue weighted by molar-refractivity contribution is -0.130. The van der Waals surface area contributed by atoms with Crippen molar-refractivity contribution in [2.24, 2.45) is 0 Å². The van der Waals surface area contributed by atoms with Gasteiger partial charge in [0.2, 0.25) is 5.91 Å². The molecule has 7 heteroatoms. The van der Waals surface area contributed by atoms with Crippen molar-refractivity contribution >= 4 is 17.7 Å². The Morgan fingerprint density at radius 1 is 1.44 bits per heavy atom. The van der Waals surface area contributed by atoms with Crippen LogP contribution in [0.2, 0.25) is 0 Å². The van der Waals surface area contributed by atoms with Gasteiger partial charge in [0, 0.05) is 13.6 Å². The van der Waals surface area contributed by atoms with Crippen LogP contribution >= 0.6 is 0 Å². The van der Waals surface area contributed by atoms with Crippen LogP contribution in [0.25, 0.3) is 0 Å². The van der Waals surface area contributed by atoms with Gasteiger partial charge in [-0.25, -0.2) is 14.8 Å². The zero-order chi connectivity index (χ0) is 13.7. The zero-order valence-electron chi connectivity index (χ0n) is 10.5. The van der Waals surface area contributed by atoms with Gasteiger partial charge < -0.3 is 15.3 Å². The molecule has 0 fully saturated rings. The maximum atomic E-state index is 11.8. The fourth-order valence-corrected chi connectivity index (χ4v) is 1.28. The molecule has 98 valence electrons. The summed E-state index contributed by atoms with van der Waals surface area (Å²) in [4.78, 5) is 31.5. The van der Waals surface area contributed by atoms with Gasteiger partial charge in [0.15, 0.2) is 5.69 Å². The first-order valence-electron chi connectivity index (χ1n) is 5.52. The third-order valence-corrected chi connectivity index (χ3v) is 2.46. The van der Waals surface area contributed by atoms with E-state index in [1.165, 1.54) is 6.20 Å². The Morgan fingerprint density at radius 2 is 2.11 bits per heavy atom. The van der Waals surface area contributed by atoms with E-state index in [4.69, 9.17) is 5.11 Å². The monoisotopic (exact) mass is 252 g/mol. The number of carboxylic acid groups (broad SMARTS) is 1. The molecule has 0 radical (unpaired) electrons. The van der Waals surface area contributed by atoms with Gasteiger partial charge in [-0.1, -0.05) is 0 Å². The van der Waals surface area contributed by atoms with Gasteiger partial charge >= 0.3 is 5.97 Å². The molecule has 0 aliphatic heterocycles. The van der Waals surface area contributed by atoms with E-state index in [1.54, 1.807) is 18.9 Å². The average Bonchev–Trinajstić information content (AvgIpc) is 2.37. The van der Waals surface area contributed by atoms with Crippen LogP contribution in [-0.2, 0) is 4.79 Å². The predicted octanol–water partition coefficient (Wildman–Crippen LogP) is 0.453. The van der Waals surface area contributed by atoms with Crippen molar-refractivity contribution in [3.05, 3.63) is 18.1 Å². The highest BCUT2D eigenvalue weighted by molar-refractivity contribution is 5.85. The number of carbonyl (C=O) groups is 2. The topological polar surface area (TPSA) is 95.4 Å². The quantitative estimate of drug-likeness (QED) is 0.790. The summed E-state index contributed by atoms with van der Waals surface area (Å²) in [5, 5.41) is 11.5. The summed E-state index contributed by atoms with van der Waals surface area (Å²) in [7, 11) is 1.71. The molecular formula is C11H16N4O3. The highest BCUT2D eigenvalue weighted by atomic mass is 16.4. The lowest BCUT2D eigenvalue weighted by Gasteiger charge is -2.20. The summed E-state index contributed by atoms with van der Waals surface area (Å²) in [5.74, 6) is -0.837. The molecular weight excluding hydrogens is 236 g/mol. The minimum atomic E-state index is -1.14. The molecule has 1 aromatic heterocycles. The van der Waals surface area contributed by atoms with E-state index < -0.39 is 12.0 Å². The van der Waals surface area contributed by atoms with E-state index in [0.717, 1.165) is 6.20 Å². The van der Waals surface area contributed by atoms with Gasteiger partial charge in [0.25, 0.3) is 0 Å². The Kier molecular flexibility index (Phi) is 4.59. The molecule has 0 aromatic carbocycles. The molecule has 0 bridgehead atoms. The second-order valence-corrected chi connectivity index (χ2v) is 3.81. The summed E-state index contributed by atoms with van der Waals surface area (Å²) >= 11 is 0. The first-order valence-corrected chi connectivity index (χ1v) is 5.52. The van der Waals surface area contributed by atoms with E-state index in [-0.39, 0.29) is 11.6 Å². The van der Waals surface area contributed by atoms with Crippen molar-refractivity contribution in [1.82, 2.24) is 14.9 Å². The number of amides is 1. The Labute approximate surface area is 105 Å². The Hall–Kier alpha value is -2.18. The number of hydrogen-bond donors (Lipinski definition) is 2. The molecule has 2 N–H and O–H groups in total. The van der Waals surface area contributed by atoms with Gasteiger partial charge in [-0.3, -0.25) is 4.79 Å². The first-order chi connectivity index (χ1) is 8.45. The third-order valence-electron chi connectivity index (χ3n) is 2.46. The summed E-state index contributed by atoms with van der Waals surface area (Å²) in [6.07, 6.45) is 2.44. The molecule has 0 saturated heterocycles. The van der Waals surface area contributed by atoms with Crippen LogP contribution in [0.4, 0.5) is 5.82 Å². The smallest absolute Gasteiger partial charge is 0.356 e. The highest BCUT2D eigenvalue weighted by Crippen LogP contribution is 2.04. The first kappa shape index (κ1) is 13.9. The molecule has 1 unspecified atom stereocenters. The molecule has 0 aliphatic rings. The summed E-state index contributed by atoms with van der Waals surface area (Å²) in [5.41, 5.74) is -0.134. The molecule has 1 atom stereocenters.